The smallest absolute Gasteiger partial charge is 0.262 e. The average Bonchev–Trinajstić information content (AvgIpc) is 2.71. The number of hydrogen-bond donors (Lipinski definition) is 2. The molecule has 0 saturated carbocycles. The van der Waals surface area contributed by atoms with E-state index in [1.165, 1.54) is 31.4 Å². The third kappa shape index (κ3) is 6.52. The molecule has 0 aromatic heterocycles. The minimum atomic E-state index is -3.80. The van der Waals surface area contributed by atoms with Crippen LogP contribution in [0.2, 0.25) is 10.0 Å². The van der Waals surface area contributed by atoms with Gasteiger partial charge in [-0.15, -0.1) is 0 Å². The van der Waals surface area contributed by atoms with Crippen molar-refractivity contribution in [1.29, 1.82) is 0 Å². The fourth-order valence-corrected chi connectivity index (χ4v) is 4.16. The van der Waals surface area contributed by atoms with Crippen molar-refractivity contribution in [1.82, 2.24) is 0 Å². The molecule has 0 aliphatic rings. The van der Waals surface area contributed by atoms with Gasteiger partial charge in [-0.1, -0.05) is 29.3 Å². The summed E-state index contributed by atoms with van der Waals surface area (Å²) in [5.74, 6) is 0.441. The van der Waals surface area contributed by atoms with Gasteiger partial charge in [0.2, 0.25) is 0 Å². The SMILES string of the molecule is COc1cccc(NS(=O)(=O)c2ccc(OCC(=O)Nc3cc(Cl)cc(Cl)c3)cc2)c1. The first-order valence-corrected chi connectivity index (χ1v) is 11.1. The van der Waals surface area contributed by atoms with Crippen LogP contribution in [-0.4, -0.2) is 28.0 Å². The molecule has 0 bridgehead atoms. The number of carbonyl (C=O) groups is 1. The third-order valence-corrected chi connectivity index (χ3v) is 5.81. The zero-order valence-corrected chi connectivity index (χ0v) is 18.6. The summed E-state index contributed by atoms with van der Waals surface area (Å²) in [7, 11) is -2.30. The standard InChI is InChI=1S/C21H18Cl2N2O5S/c1-29-19-4-2-3-16(12-19)25-31(27,28)20-7-5-18(6-8-20)30-13-21(26)24-17-10-14(22)9-15(23)11-17/h2-12,25H,13H2,1H3,(H,24,26). The van der Waals surface area contributed by atoms with Gasteiger partial charge >= 0.3 is 0 Å². The minimum Gasteiger partial charge on any atom is -0.497 e. The molecule has 3 aromatic rings. The van der Waals surface area contributed by atoms with Crippen molar-refractivity contribution >= 4 is 50.5 Å². The quantitative estimate of drug-likeness (QED) is 0.481. The average molecular weight is 481 g/mol. The Morgan fingerprint density at radius 1 is 0.903 bits per heavy atom. The van der Waals surface area contributed by atoms with E-state index < -0.39 is 15.9 Å². The molecule has 162 valence electrons. The number of anilines is 2. The number of sulfonamides is 1. The Labute approximate surface area is 189 Å². The number of rotatable bonds is 8. The number of nitrogens with one attached hydrogen (secondary N) is 2. The molecule has 0 aliphatic carbocycles. The van der Waals surface area contributed by atoms with Gasteiger partial charge in [-0.25, -0.2) is 8.42 Å². The van der Waals surface area contributed by atoms with Crippen LogP contribution in [0, 0.1) is 0 Å². The number of hydrogen-bond acceptors (Lipinski definition) is 5. The summed E-state index contributed by atoms with van der Waals surface area (Å²) in [4.78, 5) is 12.1. The molecule has 0 fully saturated rings. The van der Waals surface area contributed by atoms with Crippen LogP contribution >= 0.6 is 23.2 Å². The van der Waals surface area contributed by atoms with Gasteiger partial charge in [-0.3, -0.25) is 9.52 Å². The highest BCUT2D eigenvalue weighted by Gasteiger charge is 2.15. The summed E-state index contributed by atoms with van der Waals surface area (Å²) in [6, 6.07) is 16.9. The van der Waals surface area contributed by atoms with Gasteiger partial charge in [0.1, 0.15) is 11.5 Å². The van der Waals surface area contributed by atoms with Crippen molar-refractivity contribution in [2.45, 2.75) is 4.90 Å². The van der Waals surface area contributed by atoms with Gasteiger partial charge in [0.15, 0.2) is 6.61 Å². The van der Waals surface area contributed by atoms with Crippen molar-refractivity contribution in [3.05, 3.63) is 76.8 Å². The van der Waals surface area contributed by atoms with Crippen LogP contribution in [0.1, 0.15) is 0 Å². The normalized spacial score (nSPS) is 10.9. The number of carbonyl (C=O) groups excluding carboxylic acids is 1. The van der Waals surface area contributed by atoms with E-state index in [1.54, 1.807) is 42.5 Å². The summed E-state index contributed by atoms with van der Waals surface area (Å²) < 4.78 is 38.1. The Morgan fingerprint density at radius 3 is 2.23 bits per heavy atom. The summed E-state index contributed by atoms with van der Waals surface area (Å²) in [5.41, 5.74) is 0.814. The maximum atomic E-state index is 12.6. The van der Waals surface area contributed by atoms with Gasteiger partial charge in [0.25, 0.3) is 15.9 Å². The van der Waals surface area contributed by atoms with Gasteiger partial charge < -0.3 is 14.8 Å². The van der Waals surface area contributed by atoms with Gasteiger partial charge in [-0.05, 0) is 54.6 Å². The van der Waals surface area contributed by atoms with Crippen molar-refractivity contribution in [2.75, 3.05) is 23.8 Å². The van der Waals surface area contributed by atoms with Crippen molar-refractivity contribution in [2.24, 2.45) is 0 Å². The summed E-state index contributed by atoms with van der Waals surface area (Å²) in [6.45, 7) is -0.279. The maximum absolute atomic E-state index is 12.6. The molecule has 0 atom stereocenters. The predicted molar refractivity (Wildman–Crippen MR) is 121 cm³/mol. The first-order chi connectivity index (χ1) is 14.7. The molecule has 3 aromatic carbocycles. The fraction of sp³-hybridized carbons (Fsp3) is 0.0952. The van der Waals surface area contributed by atoms with Gasteiger partial charge in [0.05, 0.1) is 17.7 Å². The molecular formula is C21H18Cl2N2O5S. The van der Waals surface area contributed by atoms with E-state index in [1.807, 2.05) is 0 Å². The van der Waals surface area contributed by atoms with Crippen molar-refractivity contribution in [3.8, 4) is 11.5 Å². The molecule has 0 spiro atoms. The van der Waals surface area contributed by atoms with E-state index in [4.69, 9.17) is 32.7 Å². The lowest BCUT2D eigenvalue weighted by atomic mass is 10.3. The molecule has 31 heavy (non-hydrogen) atoms. The second-order valence-corrected chi connectivity index (χ2v) is 8.86. The van der Waals surface area contributed by atoms with E-state index >= 15 is 0 Å². The number of methoxy groups -OCH3 is 1. The van der Waals surface area contributed by atoms with Crippen LogP contribution in [-0.2, 0) is 14.8 Å². The monoisotopic (exact) mass is 480 g/mol. The molecule has 0 heterocycles. The molecule has 0 saturated heterocycles. The Balaban J connectivity index is 1.59. The highest BCUT2D eigenvalue weighted by Crippen LogP contribution is 2.23. The zero-order chi connectivity index (χ0) is 22.4. The molecule has 0 radical (unpaired) electrons. The molecule has 1 amide bonds. The largest absolute Gasteiger partial charge is 0.497 e. The van der Waals surface area contributed by atoms with Crippen LogP contribution in [0.5, 0.6) is 11.5 Å². The van der Waals surface area contributed by atoms with E-state index in [0.29, 0.717) is 32.9 Å². The third-order valence-electron chi connectivity index (χ3n) is 3.97. The summed E-state index contributed by atoms with van der Waals surface area (Å²) >= 11 is 11.8. The fourth-order valence-electron chi connectivity index (χ4n) is 2.59. The number of ether oxygens (including phenoxy) is 2. The highest BCUT2D eigenvalue weighted by molar-refractivity contribution is 7.92. The molecule has 2 N–H and O–H groups in total. The lowest BCUT2D eigenvalue weighted by molar-refractivity contribution is -0.118. The lowest BCUT2D eigenvalue weighted by Crippen LogP contribution is -2.20. The molecule has 3 rings (SSSR count). The molecule has 0 aliphatic heterocycles. The van der Waals surface area contributed by atoms with Gasteiger partial charge in [-0.2, -0.15) is 0 Å². The Hall–Kier alpha value is -2.94. The zero-order valence-electron chi connectivity index (χ0n) is 16.3. The van der Waals surface area contributed by atoms with Crippen LogP contribution < -0.4 is 19.5 Å². The molecule has 0 unspecified atom stereocenters. The Bertz CT molecular complexity index is 1160. The van der Waals surface area contributed by atoms with Crippen LogP contribution in [0.4, 0.5) is 11.4 Å². The van der Waals surface area contributed by atoms with Crippen molar-refractivity contribution in [3.63, 3.8) is 0 Å². The molecule has 10 heteroatoms. The lowest BCUT2D eigenvalue weighted by Gasteiger charge is -2.11. The van der Waals surface area contributed by atoms with Crippen LogP contribution in [0.25, 0.3) is 0 Å². The van der Waals surface area contributed by atoms with Gasteiger partial charge in [0, 0.05) is 21.8 Å². The Morgan fingerprint density at radius 2 is 1.58 bits per heavy atom. The topological polar surface area (TPSA) is 93.7 Å². The maximum Gasteiger partial charge on any atom is 0.262 e. The highest BCUT2D eigenvalue weighted by atomic mass is 35.5. The van der Waals surface area contributed by atoms with Crippen LogP contribution in [0.15, 0.2) is 71.6 Å². The molecular weight excluding hydrogens is 463 g/mol. The predicted octanol–water partition coefficient (Wildman–Crippen LogP) is 4.82. The summed E-state index contributed by atoms with van der Waals surface area (Å²) in [6.07, 6.45) is 0. The van der Waals surface area contributed by atoms with E-state index in [0.717, 1.165) is 0 Å². The first kappa shape index (κ1) is 22.7. The number of halogens is 2. The first-order valence-electron chi connectivity index (χ1n) is 8.91. The number of benzene rings is 3. The summed E-state index contributed by atoms with van der Waals surface area (Å²) in [5, 5.41) is 3.40. The van der Waals surface area contributed by atoms with E-state index in [9.17, 15) is 13.2 Å². The second-order valence-electron chi connectivity index (χ2n) is 6.30. The number of amides is 1. The van der Waals surface area contributed by atoms with Crippen molar-refractivity contribution < 1.29 is 22.7 Å². The Kier molecular flexibility index (Phi) is 7.27. The van der Waals surface area contributed by atoms with E-state index in [-0.39, 0.29) is 11.5 Å². The van der Waals surface area contributed by atoms with Crippen LogP contribution in [0.3, 0.4) is 0 Å². The minimum absolute atomic E-state index is 0.0423. The van der Waals surface area contributed by atoms with E-state index in [2.05, 4.69) is 10.0 Å². The molecule has 7 nitrogen and oxygen atoms in total. The second kappa shape index (κ2) is 9.91.